The number of tetrazole rings is 1. The van der Waals surface area contributed by atoms with E-state index >= 15 is 0 Å². The molecular formula is C13H19N7S. The molecule has 0 unspecified atom stereocenters. The molecule has 2 aromatic heterocycles. The highest BCUT2D eigenvalue weighted by Crippen LogP contribution is 2.39. The standard InChI is InChI=1S/C13H19N7S/c1-8-11(7-14-9-3-4-9)12(19(2)16-8)21-13-15-17-18-20(13)10-5-6-10/h9-10,14H,3-7H2,1-2H3. The largest absolute Gasteiger partial charge is 0.310 e. The van der Waals surface area contributed by atoms with Gasteiger partial charge in [-0.15, -0.1) is 5.10 Å². The second-order valence-corrected chi connectivity index (χ2v) is 6.84. The monoisotopic (exact) mass is 305 g/mol. The Morgan fingerprint density at radius 1 is 1.29 bits per heavy atom. The van der Waals surface area contributed by atoms with E-state index in [0.29, 0.717) is 12.1 Å². The van der Waals surface area contributed by atoms with Gasteiger partial charge in [0.2, 0.25) is 5.16 Å². The van der Waals surface area contributed by atoms with E-state index in [9.17, 15) is 0 Å². The van der Waals surface area contributed by atoms with E-state index in [1.807, 2.05) is 16.4 Å². The number of rotatable bonds is 6. The SMILES string of the molecule is Cc1nn(C)c(Sc2nnnn2C2CC2)c1CNC1CC1. The van der Waals surface area contributed by atoms with E-state index in [-0.39, 0.29) is 0 Å². The molecule has 1 N–H and O–H groups in total. The average molecular weight is 305 g/mol. The molecule has 4 rings (SSSR count). The Hall–Kier alpha value is -1.41. The quantitative estimate of drug-likeness (QED) is 0.871. The first kappa shape index (κ1) is 13.3. The Morgan fingerprint density at radius 2 is 2.10 bits per heavy atom. The van der Waals surface area contributed by atoms with Crippen molar-refractivity contribution in [1.29, 1.82) is 0 Å². The van der Waals surface area contributed by atoms with Gasteiger partial charge in [-0.05, 0) is 54.8 Å². The number of hydrogen-bond donors (Lipinski definition) is 1. The number of nitrogens with zero attached hydrogens (tertiary/aromatic N) is 6. The summed E-state index contributed by atoms with van der Waals surface area (Å²) < 4.78 is 3.89. The zero-order valence-electron chi connectivity index (χ0n) is 12.3. The number of aromatic nitrogens is 6. The fraction of sp³-hybridized carbons (Fsp3) is 0.692. The van der Waals surface area contributed by atoms with E-state index in [1.54, 1.807) is 11.8 Å². The van der Waals surface area contributed by atoms with Gasteiger partial charge in [0.05, 0.1) is 11.7 Å². The second-order valence-electron chi connectivity index (χ2n) is 5.89. The molecule has 2 saturated carbocycles. The third-order valence-electron chi connectivity index (χ3n) is 3.98. The second kappa shape index (κ2) is 5.10. The Kier molecular flexibility index (Phi) is 3.22. The lowest BCUT2D eigenvalue weighted by Crippen LogP contribution is -2.16. The van der Waals surface area contributed by atoms with Crippen LogP contribution in [0.3, 0.4) is 0 Å². The Bertz CT molecular complexity index is 654. The van der Waals surface area contributed by atoms with Crippen LogP contribution in [0.2, 0.25) is 0 Å². The molecule has 0 bridgehead atoms. The first-order valence-corrected chi connectivity index (χ1v) is 8.25. The molecule has 2 heterocycles. The third-order valence-corrected chi connectivity index (χ3v) is 5.13. The van der Waals surface area contributed by atoms with Gasteiger partial charge in [0.25, 0.3) is 0 Å². The zero-order valence-corrected chi connectivity index (χ0v) is 13.1. The fourth-order valence-corrected chi connectivity index (χ4v) is 3.48. The van der Waals surface area contributed by atoms with E-state index in [4.69, 9.17) is 0 Å². The van der Waals surface area contributed by atoms with Gasteiger partial charge < -0.3 is 5.32 Å². The van der Waals surface area contributed by atoms with Crippen molar-refractivity contribution in [2.45, 2.75) is 61.4 Å². The zero-order chi connectivity index (χ0) is 14.4. The van der Waals surface area contributed by atoms with Crippen molar-refractivity contribution in [1.82, 2.24) is 35.3 Å². The summed E-state index contributed by atoms with van der Waals surface area (Å²) in [5, 5.41) is 22.3. The molecule has 7 nitrogen and oxygen atoms in total. The molecule has 2 fully saturated rings. The van der Waals surface area contributed by atoms with E-state index in [2.05, 4.69) is 32.9 Å². The molecule has 8 heteroatoms. The molecule has 2 aliphatic carbocycles. The van der Waals surface area contributed by atoms with E-state index in [1.165, 1.54) is 31.2 Å². The fourth-order valence-electron chi connectivity index (χ4n) is 2.43. The van der Waals surface area contributed by atoms with Gasteiger partial charge in [-0.2, -0.15) is 5.10 Å². The molecule has 21 heavy (non-hydrogen) atoms. The maximum atomic E-state index is 4.56. The van der Waals surface area contributed by atoms with Gasteiger partial charge in [-0.3, -0.25) is 4.68 Å². The molecule has 112 valence electrons. The van der Waals surface area contributed by atoms with Crippen LogP contribution in [-0.4, -0.2) is 36.0 Å². The number of hydrogen-bond acceptors (Lipinski definition) is 6. The van der Waals surface area contributed by atoms with Gasteiger partial charge in [-0.1, -0.05) is 0 Å². The smallest absolute Gasteiger partial charge is 0.215 e. The van der Waals surface area contributed by atoms with E-state index < -0.39 is 0 Å². The van der Waals surface area contributed by atoms with Crippen LogP contribution in [0.4, 0.5) is 0 Å². The van der Waals surface area contributed by atoms with Crippen molar-refractivity contribution in [2.24, 2.45) is 7.05 Å². The first-order valence-electron chi connectivity index (χ1n) is 7.44. The number of nitrogens with one attached hydrogen (secondary N) is 1. The molecule has 0 amide bonds. The summed E-state index contributed by atoms with van der Waals surface area (Å²) >= 11 is 1.62. The molecule has 0 radical (unpaired) electrons. The summed E-state index contributed by atoms with van der Waals surface area (Å²) in [6, 6.07) is 1.18. The van der Waals surface area contributed by atoms with Crippen LogP contribution < -0.4 is 5.32 Å². The van der Waals surface area contributed by atoms with Crippen LogP contribution in [-0.2, 0) is 13.6 Å². The lowest BCUT2D eigenvalue weighted by Gasteiger charge is -2.07. The van der Waals surface area contributed by atoms with Gasteiger partial charge in [0, 0.05) is 25.2 Å². The van der Waals surface area contributed by atoms with Crippen molar-refractivity contribution in [3.8, 4) is 0 Å². The molecule has 0 atom stereocenters. The third kappa shape index (κ3) is 2.69. The summed E-state index contributed by atoms with van der Waals surface area (Å²) in [5.74, 6) is 0. The van der Waals surface area contributed by atoms with E-state index in [0.717, 1.165) is 22.4 Å². The molecule has 2 aliphatic rings. The van der Waals surface area contributed by atoms with Crippen LogP contribution in [0.5, 0.6) is 0 Å². The summed E-state index contributed by atoms with van der Waals surface area (Å²) in [6.45, 7) is 2.94. The van der Waals surface area contributed by atoms with Gasteiger partial charge in [-0.25, -0.2) is 4.68 Å². The number of aryl methyl sites for hydroxylation is 2. The minimum Gasteiger partial charge on any atom is -0.310 e. The maximum Gasteiger partial charge on any atom is 0.215 e. The highest BCUT2D eigenvalue weighted by molar-refractivity contribution is 7.99. The first-order chi connectivity index (χ1) is 10.2. The predicted octanol–water partition coefficient (Wildman–Crippen LogP) is 1.45. The van der Waals surface area contributed by atoms with Crippen LogP contribution in [0, 0.1) is 6.92 Å². The molecule has 0 saturated heterocycles. The van der Waals surface area contributed by atoms with Crippen LogP contribution in [0.25, 0.3) is 0 Å². The normalized spacial score (nSPS) is 18.4. The molecule has 0 aliphatic heterocycles. The minimum atomic E-state index is 0.491. The molecule has 2 aromatic rings. The van der Waals surface area contributed by atoms with Gasteiger partial charge in [0.15, 0.2) is 0 Å². The molecule has 0 spiro atoms. The molecule has 0 aromatic carbocycles. The van der Waals surface area contributed by atoms with Crippen LogP contribution in [0.1, 0.15) is 43.0 Å². The average Bonchev–Trinajstić information content (AvgIpc) is 3.37. The summed E-state index contributed by atoms with van der Waals surface area (Å²) in [5.41, 5.74) is 2.35. The van der Waals surface area contributed by atoms with Gasteiger partial charge in [0.1, 0.15) is 5.03 Å². The Labute approximate surface area is 127 Å². The van der Waals surface area contributed by atoms with Crippen molar-refractivity contribution in [3.05, 3.63) is 11.3 Å². The topological polar surface area (TPSA) is 73.5 Å². The van der Waals surface area contributed by atoms with Crippen molar-refractivity contribution < 1.29 is 0 Å². The summed E-state index contributed by atoms with van der Waals surface area (Å²) in [4.78, 5) is 0. The van der Waals surface area contributed by atoms with Gasteiger partial charge >= 0.3 is 0 Å². The van der Waals surface area contributed by atoms with Crippen LogP contribution >= 0.6 is 11.8 Å². The van der Waals surface area contributed by atoms with Crippen molar-refractivity contribution in [2.75, 3.05) is 0 Å². The Balaban J connectivity index is 1.59. The maximum absolute atomic E-state index is 4.56. The van der Waals surface area contributed by atoms with Crippen molar-refractivity contribution >= 4 is 11.8 Å². The molecular weight excluding hydrogens is 286 g/mol. The lowest BCUT2D eigenvalue weighted by molar-refractivity contribution is 0.564. The highest BCUT2D eigenvalue weighted by atomic mass is 32.2. The summed E-state index contributed by atoms with van der Waals surface area (Å²) in [6.07, 6.45) is 4.95. The predicted molar refractivity (Wildman–Crippen MR) is 78.0 cm³/mol. The Morgan fingerprint density at radius 3 is 2.81 bits per heavy atom. The minimum absolute atomic E-state index is 0.491. The van der Waals surface area contributed by atoms with Crippen LogP contribution in [0.15, 0.2) is 10.2 Å². The van der Waals surface area contributed by atoms with Crippen molar-refractivity contribution in [3.63, 3.8) is 0 Å². The highest BCUT2D eigenvalue weighted by Gasteiger charge is 2.29. The lowest BCUT2D eigenvalue weighted by atomic mass is 10.2. The summed E-state index contributed by atoms with van der Waals surface area (Å²) in [7, 11) is 1.99.